The predicted molar refractivity (Wildman–Crippen MR) is 79.4 cm³/mol. The standard InChI is InChI=1S/C13H20N4OS/c1-8(2)5-6-16-12-9(7-14)10(15)11(19-12)13(18)17(3)4/h8,16H,5-6,15H2,1-4H3. The summed E-state index contributed by atoms with van der Waals surface area (Å²) in [6.45, 7) is 5.04. The summed E-state index contributed by atoms with van der Waals surface area (Å²) in [7, 11) is 3.33. The second-order valence-electron chi connectivity index (χ2n) is 4.97. The summed E-state index contributed by atoms with van der Waals surface area (Å²) in [5, 5.41) is 13.0. The number of nitrogen functional groups attached to an aromatic ring is 1. The third-order valence-corrected chi connectivity index (χ3v) is 3.82. The Hall–Kier alpha value is -1.74. The Balaban J connectivity index is 2.97. The summed E-state index contributed by atoms with van der Waals surface area (Å²) in [6.07, 6.45) is 1.000. The molecule has 1 heterocycles. The molecule has 1 rings (SSSR count). The Bertz CT molecular complexity index is 499. The van der Waals surface area contributed by atoms with Crippen LogP contribution in [0.2, 0.25) is 0 Å². The van der Waals surface area contributed by atoms with E-state index in [4.69, 9.17) is 11.0 Å². The molecule has 0 unspecified atom stereocenters. The lowest BCUT2D eigenvalue weighted by Gasteiger charge is -2.08. The summed E-state index contributed by atoms with van der Waals surface area (Å²) in [4.78, 5) is 13.8. The number of anilines is 2. The number of rotatable bonds is 5. The Kier molecular flexibility index (Phi) is 5.19. The molecule has 1 amide bonds. The van der Waals surface area contributed by atoms with E-state index in [2.05, 4.69) is 25.2 Å². The van der Waals surface area contributed by atoms with E-state index >= 15 is 0 Å². The zero-order valence-electron chi connectivity index (χ0n) is 11.8. The second-order valence-corrected chi connectivity index (χ2v) is 5.99. The fourth-order valence-electron chi connectivity index (χ4n) is 1.52. The van der Waals surface area contributed by atoms with Crippen LogP contribution in [-0.4, -0.2) is 31.4 Å². The van der Waals surface area contributed by atoms with Crippen LogP contribution in [0.5, 0.6) is 0 Å². The predicted octanol–water partition coefficient (Wildman–Crippen LogP) is 2.36. The average Bonchev–Trinajstić information content (AvgIpc) is 2.64. The van der Waals surface area contributed by atoms with Gasteiger partial charge in [0.2, 0.25) is 0 Å². The maximum absolute atomic E-state index is 11.9. The van der Waals surface area contributed by atoms with Crippen molar-refractivity contribution in [1.29, 1.82) is 5.26 Å². The Labute approximate surface area is 118 Å². The van der Waals surface area contributed by atoms with E-state index in [9.17, 15) is 4.79 Å². The highest BCUT2D eigenvalue weighted by molar-refractivity contribution is 7.18. The van der Waals surface area contributed by atoms with Gasteiger partial charge >= 0.3 is 0 Å². The molecule has 0 aliphatic rings. The molecule has 0 atom stereocenters. The van der Waals surface area contributed by atoms with Crippen molar-refractivity contribution in [1.82, 2.24) is 4.90 Å². The highest BCUT2D eigenvalue weighted by Gasteiger charge is 2.21. The van der Waals surface area contributed by atoms with Crippen molar-refractivity contribution in [2.24, 2.45) is 5.92 Å². The van der Waals surface area contributed by atoms with E-state index in [1.54, 1.807) is 14.1 Å². The molecule has 5 nitrogen and oxygen atoms in total. The van der Waals surface area contributed by atoms with Gasteiger partial charge in [0.15, 0.2) is 0 Å². The fourth-order valence-corrected chi connectivity index (χ4v) is 2.63. The summed E-state index contributed by atoms with van der Waals surface area (Å²) >= 11 is 1.25. The van der Waals surface area contributed by atoms with Gasteiger partial charge in [-0.25, -0.2) is 0 Å². The minimum Gasteiger partial charge on any atom is -0.396 e. The molecule has 1 aromatic heterocycles. The van der Waals surface area contributed by atoms with Crippen molar-refractivity contribution in [2.45, 2.75) is 20.3 Å². The van der Waals surface area contributed by atoms with E-state index in [1.807, 2.05) is 0 Å². The highest BCUT2D eigenvalue weighted by Crippen LogP contribution is 2.35. The summed E-state index contributed by atoms with van der Waals surface area (Å²) in [6, 6.07) is 2.07. The topological polar surface area (TPSA) is 82.2 Å². The monoisotopic (exact) mass is 280 g/mol. The Morgan fingerprint density at radius 1 is 1.53 bits per heavy atom. The minimum atomic E-state index is -0.170. The van der Waals surface area contributed by atoms with E-state index < -0.39 is 0 Å². The van der Waals surface area contributed by atoms with Crippen LogP contribution in [0.25, 0.3) is 0 Å². The smallest absolute Gasteiger partial charge is 0.265 e. The van der Waals surface area contributed by atoms with E-state index in [1.165, 1.54) is 16.2 Å². The van der Waals surface area contributed by atoms with Crippen molar-refractivity contribution < 1.29 is 4.79 Å². The van der Waals surface area contributed by atoms with Crippen molar-refractivity contribution >= 4 is 27.9 Å². The van der Waals surface area contributed by atoms with Gasteiger partial charge in [0.1, 0.15) is 21.5 Å². The SMILES string of the molecule is CC(C)CCNc1sc(C(=O)N(C)C)c(N)c1C#N. The van der Waals surface area contributed by atoms with Crippen LogP contribution in [0.4, 0.5) is 10.7 Å². The number of hydrogen-bond donors (Lipinski definition) is 2. The van der Waals surface area contributed by atoms with Crippen LogP contribution in [0, 0.1) is 17.2 Å². The fraction of sp³-hybridized carbons (Fsp3) is 0.538. The molecular weight excluding hydrogens is 260 g/mol. The van der Waals surface area contributed by atoms with Crippen molar-refractivity contribution in [3.63, 3.8) is 0 Å². The van der Waals surface area contributed by atoms with Gasteiger partial charge < -0.3 is 16.0 Å². The van der Waals surface area contributed by atoms with Crippen LogP contribution in [0.1, 0.15) is 35.5 Å². The first kappa shape index (κ1) is 15.3. The van der Waals surface area contributed by atoms with Gasteiger partial charge in [-0.15, -0.1) is 11.3 Å². The molecule has 0 bridgehead atoms. The van der Waals surface area contributed by atoms with Gasteiger partial charge in [0.25, 0.3) is 5.91 Å². The number of carbonyl (C=O) groups excluding carboxylic acids is 1. The summed E-state index contributed by atoms with van der Waals surface area (Å²) < 4.78 is 0. The normalized spacial score (nSPS) is 10.3. The number of nitriles is 1. The van der Waals surface area contributed by atoms with E-state index in [0.29, 0.717) is 21.4 Å². The molecule has 0 radical (unpaired) electrons. The molecular formula is C13H20N4OS. The molecule has 0 fully saturated rings. The van der Waals surface area contributed by atoms with E-state index in [0.717, 1.165) is 13.0 Å². The number of carbonyl (C=O) groups is 1. The summed E-state index contributed by atoms with van der Waals surface area (Å²) in [5.74, 6) is 0.411. The quantitative estimate of drug-likeness (QED) is 0.867. The van der Waals surface area contributed by atoms with Gasteiger partial charge in [-0.05, 0) is 12.3 Å². The first-order chi connectivity index (χ1) is 8.88. The molecule has 0 aromatic carbocycles. The van der Waals surface area contributed by atoms with Crippen molar-refractivity contribution in [3.05, 3.63) is 10.4 Å². The van der Waals surface area contributed by atoms with Gasteiger partial charge in [0, 0.05) is 20.6 Å². The average molecular weight is 280 g/mol. The molecule has 104 valence electrons. The number of amides is 1. The summed E-state index contributed by atoms with van der Waals surface area (Å²) in [5.41, 5.74) is 6.54. The van der Waals surface area contributed by atoms with E-state index in [-0.39, 0.29) is 11.6 Å². The van der Waals surface area contributed by atoms with Gasteiger partial charge in [-0.1, -0.05) is 13.8 Å². The van der Waals surface area contributed by atoms with Gasteiger partial charge in [0.05, 0.1) is 5.69 Å². The molecule has 19 heavy (non-hydrogen) atoms. The number of nitrogens with zero attached hydrogens (tertiary/aromatic N) is 2. The largest absolute Gasteiger partial charge is 0.396 e. The first-order valence-corrected chi connectivity index (χ1v) is 6.98. The minimum absolute atomic E-state index is 0.170. The van der Waals surface area contributed by atoms with Crippen LogP contribution in [-0.2, 0) is 0 Å². The molecule has 0 spiro atoms. The Morgan fingerprint density at radius 2 is 2.16 bits per heavy atom. The lowest BCUT2D eigenvalue weighted by molar-refractivity contribution is 0.0833. The lowest BCUT2D eigenvalue weighted by atomic mass is 10.1. The molecule has 0 aliphatic heterocycles. The zero-order valence-corrected chi connectivity index (χ0v) is 12.6. The molecule has 0 aliphatic carbocycles. The molecule has 1 aromatic rings. The zero-order chi connectivity index (χ0) is 14.6. The lowest BCUT2D eigenvalue weighted by Crippen LogP contribution is -2.21. The first-order valence-electron chi connectivity index (χ1n) is 6.16. The van der Waals surface area contributed by atoms with Crippen molar-refractivity contribution in [2.75, 3.05) is 31.7 Å². The van der Waals surface area contributed by atoms with Crippen LogP contribution < -0.4 is 11.1 Å². The number of nitrogens with two attached hydrogens (primary N) is 1. The van der Waals surface area contributed by atoms with Crippen LogP contribution >= 0.6 is 11.3 Å². The number of thiophene rings is 1. The maximum Gasteiger partial charge on any atom is 0.265 e. The van der Waals surface area contributed by atoms with Gasteiger partial charge in [-0.3, -0.25) is 4.79 Å². The third-order valence-electron chi connectivity index (χ3n) is 2.66. The third kappa shape index (κ3) is 3.61. The van der Waals surface area contributed by atoms with Gasteiger partial charge in [-0.2, -0.15) is 5.26 Å². The highest BCUT2D eigenvalue weighted by atomic mass is 32.1. The number of hydrogen-bond acceptors (Lipinski definition) is 5. The molecule has 0 saturated carbocycles. The molecule has 6 heteroatoms. The Morgan fingerprint density at radius 3 is 2.63 bits per heavy atom. The van der Waals surface area contributed by atoms with Crippen LogP contribution in [0.15, 0.2) is 0 Å². The van der Waals surface area contributed by atoms with Crippen LogP contribution in [0.3, 0.4) is 0 Å². The second kappa shape index (κ2) is 6.43. The maximum atomic E-state index is 11.9. The molecule has 0 saturated heterocycles. The number of nitrogens with one attached hydrogen (secondary N) is 1. The van der Waals surface area contributed by atoms with Crippen molar-refractivity contribution in [3.8, 4) is 6.07 Å². The molecule has 3 N–H and O–H groups in total.